The third-order valence-corrected chi connectivity index (χ3v) is 3.34. The molecule has 0 aromatic heterocycles. The first-order valence-corrected chi connectivity index (χ1v) is 7.30. The zero-order valence-corrected chi connectivity index (χ0v) is 13.2. The molecule has 0 aliphatic rings. The van der Waals surface area contributed by atoms with Crippen molar-refractivity contribution >= 4 is 11.6 Å². The Labute approximate surface area is 129 Å². The molecule has 0 amide bonds. The van der Waals surface area contributed by atoms with Crippen LogP contribution >= 0.6 is 11.6 Å². The Bertz CT molecular complexity index is 628. The fourth-order valence-corrected chi connectivity index (χ4v) is 2.06. The van der Waals surface area contributed by atoms with E-state index in [9.17, 15) is 4.39 Å². The van der Waals surface area contributed by atoms with Crippen LogP contribution < -0.4 is 10.1 Å². The molecule has 2 aromatic rings. The maximum absolute atomic E-state index is 14.1. The van der Waals surface area contributed by atoms with Crippen LogP contribution in [0, 0.1) is 12.7 Å². The van der Waals surface area contributed by atoms with Gasteiger partial charge >= 0.3 is 0 Å². The van der Waals surface area contributed by atoms with Crippen LogP contribution in [0.1, 0.15) is 25.0 Å². The van der Waals surface area contributed by atoms with Crippen molar-refractivity contribution in [1.82, 2.24) is 5.32 Å². The molecule has 0 saturated carbocycles. The summed E-state index contributed by atoms with van der Waals surface area (Å²) in [6, 6.07) is 10.8. The summed E-state index contributed by atoms with van der Waals surface area (Å²) in [7, 11) is 0. The minimum Gasteiger partial charge on any atom is -0.454 e. The molecule has 112 valence electrons. The number of rotatable bonds is 5. The summed E-state index contributed by atoms with van der Waals surface area (Å²) in [6.45, 7) is 6.48. The maximum atomic E-state index is 14.1. The molecule has 2 rings (SSSR count). The van der Waals surface area contributed by atoms with E-state index in [4.69, 9.17) is 16.3 Å². The number of ether oxygens (including phenoxy) is 1. The van der Waals surface area contributed by atoms with Crippen molar-refractivity contribution in [3.63, 3.8) is 0 Å². The van der Waals surface area contributed by atoms with Crippen LogP contribution in [0.5, 0.6) is 11.5 Å². The van der Waals surface area contributed by atoms with Crippen LogP contribution in [0.25, 0.3) is 0 Å². The molecular formula is C17H19ClFNO. The highest BCUT2D eigenvalue weighted by atomic mass is 35.5. The van der Waals surface area contributed by atoms with Crippen molar-refractivity contribution in [2.24, 2.45) is 0 Å². The maximum Gasteiger partial charge on any atom is 0.168 e. The summed E-state index contributed by atoms with van der Waals surface area (Å²) in [5.74, 6) is 0.434. The zero-order chi connectivity index (χ0) is 15.4. The van der Waals surface area contributed by atoms with Gasteiger partial charge in [-0.15, -0.1) is 0 Å². The highest BCUT2D eigenvalue weighted by Gasteiger charge is 2.11. The number of hydrogen-bond acceptors (Lipinski definition) is 2. The highest BCUT2D eigenvalue weighted by Crippen LogP contribution is 2.31. The minimum atomic E-state index is -0.347. The molecule has 0 fully saturated rings. The van der Waals surface area contributed by atoms with Crippen LogP contribution in [0.4, 0.5) is 4.39 Å². The molecule has 0 atom stereocenters. The molecule has 0 aliphatic heterocycles. The fourth-order valence-electron chi connectivity index (χ4n) is 1.90. The molecule has 0 spiro atoms. The third kappa shape index (κ3) is 4.19. The molecule has 0 saturated heterocycles. The van der Waals surface area contributed by atoms with Crippen molar-refractivity contribution in [2.75, 3.05) is 0 Å². The van der Waals surface area contributed by atoms with Crippen LogP contribution in [0.3, 0.4) is 0 Å². The molecule has 4 heteroatoms. The van der Waals surface area contributed by atoms with Crippen molar-refractivity contribution in [2.45, 2.75) is 33.4 Å². The Balaban J connectivity index is 2.29. The van der Waals surface area contributed by atoms with Gasteiger partial charge in [0.25, 0.3) is 0 Å². The standard InChI is InChI=1S/C17H19ClFNO/c1-11(2)20-10-13-7-8-14(18)9-16(13)21-15-6-4-5-12(3)17(15)19/h4-9,11,20H,10H2,1-3H3. The molecule has 21 heavy (non-hydrogen) atoms. The first kappa shape index (κ1) is 15.8. The van der Waals surface area contributed by atoms with E-state index in [1.165, 1.54) is 0 Å². The molecular weight excluding hydrogens is 289 g/mol. The molecule has 0 aliphatic carbocycles. The molecule has 1 N–H and O–H groups in total. The first-order chi connectivity index (χ1) is 9.97. The monoisotopic (exact) mass is 307 g/mol. The van der Waals surface area contributed by atoms with E-state index < -0.39 is 0 Å². The van der Waals surface area contributed by atoms with E-state index in [2.05, 4.69) is 19.2 Å². The Kier molecular flexibility index (Phi) is 5.21. The SMILES string of the molecule is Cc1cccc(Oc2cc(Cl)ccc2CNC(C)C)c1F. The summed E-state index contributed by atoms with van der Waals surface area (Å²) < 4.78 is 19.8. The van der Waals surface area contributed by atoms with Gasteiger partial charge < -0.3 is 10.1 Å². The van der Waals surface area contributed by atoms with Crippen LogP contribution in [-0.2, 0) is 6.54 Å². The lowest BCUT2D eigenvalue weighted by Gasteiger charge is -2.14. The molecule has 0 heterocycles. The van der Waals surface area contributed by atoms with Crippen LogP contribution in [0.15, 0.2) is 36.4 Å². The van der Waals surface area contributed by atoms with Gasteiger partial charge in [-0.3, -0.25) is 0 Å². The summed E-state index contributed by atoms with van der Waals surface area (Å²) in [5, 5.41) is 3.88. The van der Waals surface area contributed by atoms with E-state index in [0.717, 1.165) is 5.56 Å². The number of halogens is 2. The lowest BCUT2D eigenvalue weighted by atomic mass is 10.2. The summed E-state index contributed by atoms with van der Waals surface area (Å²) in [4.78, 5) is 0. The van der Waals surface area contributed by atoms with E-state index in [1.54, 1.807) is 37.3 Å². The predicted molar refractivity (Wildman–Crippen MR) is 84.6 cm³/mol. The quantitative estimate of drug-likeness (QED) is 0.832. The topological polar surface area (TPSA) is 21.3 Å². The Hall–Kier alpha value is -1.58. The first-order valence-electron chi connectivity index (χ1n) is 6.92. The summed E-state index contributed by atoms with van der Waals surface area (Å²) in [6.07, 6.45) is 0. The summed E-state index contributed by atoms with van der Waals surface area (Å²) in [5.41, 5.74) is 1.49. The van der Waals surface area contributed by atoms with Gasteiger partial charge in [-0.05, 0) is 30.7 Å². The van der Waals surface area contributed by atoms with Gasteiger partial charge in [0.2, 0.25) is 0 Å². The second-order valence-corrected chi connectivity index (χ2v) is 5.71. The van der Waals surface area contributed by atoms with Gasteiger partial charge in [-0.2, -0.15) is 0 Å². The minimum absolute atomic E-state index is 0.211. The van der Waals surface area contributed by atoms with E-state index in [1.807, 2.05) is 6.07 Å². The number of nitrogens with one attached hydrogen (secondary N) is 1. The second kappa shape index (κ2) is 6.92. The largest absolute Gasteiger partial charge is 0.454 e. The molecule has 0 bridgehead atoms. The smallest absolute Gasteiger partial charge is 0.168 e. The van der Waals surface area contributed by atoms with Gasteiger partial charge in [0, 0.05) is 23.2 Å². The average molecular weight is 308 g/mol. The van der Waals surface area contributed by atoms with Gasteiger partial charge in [0.05, 0.1) is 0 Å². The molecule has 0 unspecified atom stereocenters. The third-order valence-electron chi connectivity index (χ3n) is 3.11. The normalized spacial score (nSPS) is 11.0. The van der Waals surface area contributed by atoms with E-state index in [-0.39, 0.29) is 11.6 Å². The van der Waals surface area contributed by atoms with Crippen molar-refractivity contribution < 1.29 is 9.13 Å². The Morgan fingerprint density at radius 1 is 1.19 bits per heavy atom. The number of hydrogen-bond donors (Lipinski definition) is 1. The second-order valence-electron chi connectivity index (χ2n) is 5.28. The van der Waals surface area contributed by atoms with Gasteiger partial charge in [-0.1, -0.05) is 43.6 Å². The summed E-state index contributed by atoms with van der Waals surface area (Å²) >= 11 is 6.02. The van der Waals surface area contributed by atoms with Gasteiger partial charge in [0.1, 0.15) is 5.75 Å². The Morgan fingerprint density at radius 3 is 2.67 bits per heavy atom. The predicted octanol–water partition coefficient (Wildman–Crippen LogP) is 5.08. The van der Waals surface area contributed by atoms with E-state index in [0.29, 0.717) is 28.9 Å². The van der Waals surface area contributed by atoms with Gasteiger partial charge in [0.15, 0.2) is 11.6 Å². The molecule has 0 radical (unpaired) electrons. The highest BCUT2D eigenvalue weighted by molar-refractivity contribution is 6.30. The number of benzene rings is 2. The van der Waals surface area contributed by atoms with Crippen LogP contribution in [0.2, 0.25) is 5.02 Å². The fraction of sp³-hybridized carbons (Fsp3) is 0.294. The lowest BCUT2D eigenvalue weighted by Crippen LogP contribution is -2.22. The Morgan fingerprint density at radius 2 is 1.95 bits per heavy atom. The molecule has 2 nitrogen and oxygen atoms in total. The van der Waals surface area contributed by atoms with Crippen LogP contribution in [-0.4, -0.2) is 6.04 Å². The zero-order valence-electron chi connectivity index (χ0n) is 12.4. The number of aryl methyl sites for hydroxylation is 1. The van der Waals surface area contributed by atoms with Gasteiger partial charge in [-0.25, -0.2) is 4.39 Å². The van der Waals surface area contributed by atoms with Crippen molar-refractivity contribution in [3.05, 3.63) is 58.4 Å². The molecule has 2 aromatic carbocycles. The van der Waals surface area contributed by atoms with Crippen molar-refractivity contribution in [1.29, 1.82) is 0 Å². The van der Waals surface area contributed by atoms with Crippen molar-refractivity contribution in [3.8, 4) is 11.5 Å². The average Bonchev–Trinajstić information content (AvgIpc) is 2.43. The lowest BCUT2D eigenvalue weighted by molar-refractivity contribution is 0.432. The van der Waals surface area contributed by atoms with E-state index >= 15 is 0 Å².